The lowest BCUT2D eigenvalue weighted by molar-refractivity contribution is 0.237. The number of anilines is 2. The van der Waals surface area contributed by atoms with Gasteiger partial charge in [-0.05, 0) is 24.5 Å². The van der Waals surface area contributed by atoms with Crippen LogP contribution in [0.25, 0.3) is 5.65 Å². The summed E-state index contributed by atoms with van der Waals surface area (Å²) in [6.07, 6.45) is 4.10. The SMILES string of the molecule is CC(CO)Cc1cnn2c(N(C)c3ccccc3)ncnc12. The number of nitrogens with zero attached hydrogens (tertiary/aromatic N) is 5. The molecule has 1 aromatic carbocycles. The third-order valence-corrected chi connectivity index (χ3v) is 3.68. The number of para-hydroxylation sites is 1. The van der Waals surface area contributed by atoms with Gasteiger partial charge in [-0.15, -0.1) is 0 Å². The molecule has 0 aliphatic carbocycles. The Hall–Kier alpha value is -2.47. The van der Waals surface area contributed by atoms with Crippen molar-refractivity contribution in [3.63, 3.8) is 0 Å². The Bertz CT molecular complexity index is 756. The fourth-order valence-electron chi connectivity index (χ4n) is 2.43. The first-order valence-electron chi connectivity index (χ1n) is 7.28. The Kier molecular flexibility index (Phi) is 4.02. The predicted octanol–water partition coefficient (Wildman–Crippen LogP) is 2.06. The van der Waals surface area contributed by atoms with Crippen molar-refractivity contribution in [3.8, 4) is 0 Å². The Morgan fingerprint density at radius 2 is 2.00 bits per heavy atom. The number of aromatic nitrogens is 4. The molecule has 114 valence electrons. The highest BCUT2D eigenvalue weighted by Gasteiger charge is 2.15. The number of rotatable bonds is 5. The average molecular weight is 297 g/mol. The molecule has 0 radical (unpaired) electrons. The molecular weight excluding hydrogens is 278 g/mol. The molecule has 1 N–H and O–H groups in total. The van der Waals surface area contributed by atoms with Crippen LogP contribution in [-0.2, 0) is 6.42 Å². The summed E-state index contributed by atoms with van der Waals surface area (Å²) in [6.45, 7) is 2.15. The predicted molar refractivity (Wildman–Crippen MR) is 85.2 cm³/mol. The summed E-state index contributed by atoms with van der Waals surface area (Å²) >= 11 is 0. The van der Waals surface area contributed by atoms with Crippen LogP contribution in [-0.4, -0.2) is 38.3 Å². The van der Waals surface area contributed by atoms with E-state index < -0.39 is 0 Å². The second-order valence-electron chi connectivity index (χ2n) is 5.47. The van der Waals surface area contributed by atoms with Crippen LogP contribution in [0.4, 0.5) is 11.6 Å². The number of aliphatic hydroxyl groups excluding tert-OH is 1. The van der Waals surface area contributed by atoms with E-state index in [9.17, 15) is 5.11 Å². The van der Waals surface area contributed by atoms with Gasteiger partial charge >= 0.3 is 0 Å². The average Bonchev–Trinajstić information content (AvgIpc) is 2.98. The van der Waals surface area contributed by atoms with E-state index in [1.165, 1.54) is 0 Å². The first kappa shape index (κ1) is 14.5. The number of hydrogen-bond donors (Lipinski definition) is 1. The van der Waals surface area contributed by atoms with Crippen LogP contribution < -0.4 is 4.90 Å². The second-order valence-corrected chi connectivity index (χ2v) is 5.47. The summed E-state index contributed by atoms with van der Waals surface area (Å²) in [6, 6.07) is 10.00. The number of aliphatic hydroxyl groups is 1. The number of hydrogen-bond acceptors (Lipinski definition) is 5. The van der Waals surface area contributed by atoms with E-state index in [1.54, 1.807) is 17.0 Å². The van der Waals surface area contributed by atoms with Gasteiger partial charge in [0.15, 0.2) is 5.65 Å². The molecule has 0 saturated heterocycles. The first-order chi connectivity index (χ1) is 10.7. The Morgan fingerprint density at radius 1 is 1.23 bits per heavy atom. The van der Waals surface area contributed by atoms with Crippen molar-refractivity contribution >= 4 is 17.3 Å². The fraction of sp³-hybridized carbons (Fsp3) is 0.312. The van der Waals surface area contributed by atoms with Gasteiger partial charge in [-0.3, -0.25) is 0 Å². The van der Waals surface area contributed by atoms with Gasteiger partial charge in [0.05, 0.1) is 6.20 Å². The van der Waals surface area contributed by atoms with Crippen molar-refractivity contribution in [2.75, 3.05) is 18.6 Å². The molecule has 6 nitrogen and oxygen atoms in total. The highest BCUT2D eigenvalue weighted by atomic mass is 16.3. The fourth-order valence-corrected chi connectivity index (χ4v) is 2.43. The van der Waals surface area contributed by atoms with Crippen molar-refractivity contribution in [1.29, 1.82) is 0 Å². The van der Waals surface area contributed by atoms with Gasteiger partial charge < -0.3 is 10.0 Å². The Balaban J connectivity index is 2.01. The zero-order chi connectivity index (χ0) is 15.5. The highest BCUT2D eigenvalue weighted by molar-refractivity contribution is 5.59. The van der Waals surface area contributed by atoms with E-state index in [0.29, 0.717) is 5.95 Å². The molecule has 1 unspecified atom stereocenters. The molecule has 0 fully saturated rings. The van der Waals surface area contributed by atoms with Crippen LogP contribution >= 0.6 is 0 Å². The van der Waals surface area contributed by atoms with Gasteiger partial charge in [-0.1, -0.05) is 25.1 Å². The molecule has 2 aromatic heterocycles. The van der Waals surface area contributed by atoms with Crippen LogP contribution in [0.15, 0.2) is 42.9 Å². The van der Waals surface area contributed by atoms with Gasteiger partial charge in [-0.2, -0.15) is 9.61 Å². The Morgan fingerprint density at radius 3 is 2.73 bits per heavy atom. The van der Waals surface area contributed by atoms with Gasteiger partial charge in [-0.25, -0.2) is 9.97 Å². The van der Waals surface area contributed by atoms with Crippen molar-refractivity contribution in [3.05, 3.63) is 48.4 Å². The topological polar surface area (TPSA) is 66.6 Å². The lowest BCUT2D eigenvalue weighted by atomic mass is 10.1. The highest BCUT2D eigenvalue weighted by Crippen LogP contribution is 2.22. The van der Waals surface area contributed by atoms with Crippen molar-refractivity contribution in [1.82, 2.24) is 19.6 Å². The quantitative estimate of drug-likeness (QED) is 0.781. The summed E-state index contributed by atoms with van der Waals surface area (Å²) in [5.41, 5.74) is 2.84. The van der Waals surface area contributed by atoms with E-state index in [1.807, 2.05) is 49.2 Å². The maximum atomic E-state index is 9.23. The molecule has 0 saturated carbocycles. The summed E-state index contributed by atoms with van der Waals surface area (Å²) in [7, 11) is 1.95. The van der Waals surface area contributed by atoms with E-state index >= 15 is 0 Å². The molecular formula is C16H19N5O. The van der Waals surface area contributed by atoms with Gasteiger partial charge in [0.25, 0.3) is 0 Å². The molecule has 6 heteroatoms. The van der Waals surface area contributed by atoms with E-state index in [0.717, 1.165) is 23.3 Å². The minimum atomic E-state index is 0.152. The molecule has 0 aliphatic rings. The third-order valence-electron chi connectivity index (χ3n) is 3.68. The molecule has 22 heavy (non-hydrogen) atoms. The lowest BCUT2D eigenvalue weighted by Crippen LogP contribution is -2.16. The molecule has 0 aliphatic heterocycles. The molecule has 0 bridgehead atoms. The largest absolute Gasteiger partial charge is 0.396 e. The van der Waals surface area contributed by atoms with Crippen LogP contribution in [0.2, 0.25) is 0 Å². The zero-order valence-corrected chi connectivity index (χ0v) is 12.7. The van der Waals surface area contributed by atoms with Crippen LogP contribution in [0.1, 0.15) is 12.5 Å². The maximum Gasteiger partial charge on any atom is 0.234 e. The standard InChI is InChI=1S/C16H19N5O/c1-12(10-22)8-13-9-19-21-15(13)17-11-18-16(21)20(2)14-6-4-3-5-7-14/h3-7,9,11-12,22H,8,10H2,1-2H3. The van der Waals surface area contributed by atoms with Crippen molar-refractivity contribution in [2.45, 2.75) is 13.3 Å². The molecule has 3 aromatic rings. The lowest BCUT2D eigenvalue weighted by Gasteiger charge is -2.18. The molecule has 0 spiro atoms. The third kappa shape index (κ3) is 2.65. The minimum absolute atomic E-state index is 0.152. The zero-order valence-electron chi connectivity index (χ0n) is 12.7. The van der Waals surface area contributed by atoms with Crippen molar-refractivity contribution < 1.29 is 5.11 Å². The van der Waals surface area contributed by atoms with Crippen LogP contribution in [0.5, 0.6) is 0 Å². The summed E-state index contributed by atoms with van der Waals surface area (Å²) < 4.78 is 1.74. The van der Waals surface area contributed by atoms with Crippen LogP contribution in [0.3, 0.4) is 0 Å². The smallest absolute Gasteiger partial charge is 0.234 e. The second kappa shape index (κ2) is 6.11. The molecule has 3 rings (SSSR count). The van der Waals surface area contributed by atoms with Gasteiger partial charge in [0.1, 0.15) is 6.33 Å². The monoisotopic (exact) mass is 297 g/mol. The van der Waals surface area contributed by atoms with E-state index in [-0.39, 0.29) is 12.5 Å². The first-order valence-corrected chi connectivity index (χ1v) is 7.28. The van der Waals surface area contributed by atoms with Crippen molar-refractivity contribution in [2.24, 2.45) is 5.92 Å². The number of benzene rings is 1. The molecule has 2 heterocycles. The Labute approximate surface area is 129 Å². The van der Waals surface area contributed by atoms with E-state index in [4.69, 9.17) is 0 Å². The normalized spacial score (nSPS) is 12.5. The van der Waals surface area contributed by atoms with Gasteiger partial charge in [0.2, 0.25) is 5.95 Å². The molecule has 1 atom stereocenters. The van der Waals surface area contributed by atoms with E-state index in [2.05, 4.69) is 15.1 Å². The summed E-state index contributed by atoms with van der Waals surface area (Å²) in [5, 5.41) is 13.6. The molecule has 0 amide bonds. The van der Waals surface area contributed by atoms with Gasteiger partial charge in [0, 0.05) is 24.9 Å². The minimum Gasteiger partial charge on any atom is -0.396 e. The summed E-state index contributed by atoms with van der Waals surface area (Å²) in [4.78, 5) is 10.7. The summed E-state index contributed by atoms with van der Waals surface area (Å²) in [5.74, 6) is 0.886. The maximum absolute atomic E-state index is 9.23. The number of fused-ring (bicyclic) bond motifs is 1. The van der Waals surface area contributed by atoms with Crippen LogP contribution in [0, 0.1) is 5.92 Å².